The third kappa shape index (κ3) is 9.25. The molecule has 3 rings (SSSR count). The second-order valence-corrected chi connectivity index (χ2v) is 12.0. The molecule has 3 aromatic carbocycles. The van der Waals surface area contributed by atoms with Crippen LogP contribution in [0.2, 0.25) is 0 Å². The Morgan fingerprint density at radius 2 is 1.63 bits per heavy atom. The Morgan fingerprint density at radius 1 is 0.951 bits per heavy atom. The van der Waals surface area contributed by atoms with Crippen molar-refractivity contribution in [3.05, 3.63) is 77.9 Å². The highest BCUT2D eigenvalue weighted by Gasteiger charge is 2.36. The molecule has 2 atom stereocenters. The smallest absolute Gasteiger partial charge is 0.408 e. The first kappa shape index (κ1) is 32.0. The minimum atomic E-state index is -0.892. The second kappa shape index (κ2) is 14.9. The van der Waals surface area contributed by atoms with E-state index < -0.39 is 23.8 Å². The largest absolute Gasteiger partial charge is 0.444 e. The lowest BCUT2D eigenvalue weighted by Gasteiger charge is -2.34. The lowest BCUT2D eigenvalue weighted by Crippen LogP contribution is -2.52. The van der Waals surface area contributed by atoms with Crippen molar-refractivity contribution in [1.82, 2.24) is 10.2 Å². The van der Waals surface area contributed by atoms with E-state index in [1.54, 1.807) is 37.4 Å². The first-order valence-electron chi connectivity index (χ1n) is 14.2. The fraction of sp³-hybridized carbons (Fsp3) is 0.424. The molecular formula is C33H43N3O4S. The van der Waals surface area contributed by atoms with Crippen molar-refractivity contribution in [2.75, 3.05) is 23.9 Å². The number of hydrogen-bond donors (Lipinski definition) is 2. The number of carbonyl (C=O) groups is 3. The highest BCUT2D eigenvalue weighted by molar-refractivity contribution is 7.98. The zero-order valence-electron chi connectivity index (χ0n) is 25.0. The number of ether oxygens (including phenoxy) is 1. The van der Waals surface area contributed by atoms with Gasteiger partial charge in [-0.3, -0.25) is 9.59 Å². The van der Waals surface area contributed by atoms with E-state index in [1.807, 2.05) is 79.9 Å². The Labute approximate surface area is 248 Å². The van der Waals surface area contributed by atoms with Crippen LogP contribution in [-0.4, -0.2) is 53.0 Å². The number of alkyl carbamates (subject to hydrolysis) is 1. The van der Waals surface area contributed by atoms with Crippen LogP contribution in [-0.2, 0) is 20.7 Å². The topological polar surface area (TPSA) is 87.7 Å². The lowest BCUT2D eigenvalue weighted by atomic mass is 9.99. The molecule has 0 bridgehead atoms. The van der Waals surface area contributed by atoms with Crippen molar-refractivity contribution in [3.63, 3.8) is 0 Å². The third-order valence-corrected chi connectivity index (χ3v) is 7.27. The molecule has 0 radical (unpaired) electrons. The van der Waals surface area contributed by atoms with E-state index in [0.717, 1.165) is 22.8 Å². The van der Waals surface area contributed by atoms with Crippen LogP contribution in [0.15, 0.2) is 66.7 Å². The van der Waals surface area contributed by atoms with Gasteiger partial charge in [-0.15, -0.1) is 0 Å². The number of amides is 3. The predicted octanol–water partition coefficient (Wildman–Crippen LogP) is 6.97. The third-order valence-electron chi connectivity index (χ3n) is 6.63. The van der Waals surface area contributed by atoms with Gasteiger partial charge in [0.2, 0.25) is 5.91 Å². The highest BCUT2D eigenvalue weighted by Crippen LogP contribution is 2.27. The summed E-state index contributed by atoms with van der Waals surface area (Å²) in [7, 11) is 0. The van der Waals surface area contributed by atoms with E-state index in [4.69, 9.17) is 4.74 Å². The van der Waals surface area contributed by atoms with E-state index in [-0.39, 0.29) is 11.8 Å². The Bertz CT molecular complexity index is 1320. The summed E-state index contributed by atoms with van der Waals surface area (Å²) >= 11 is 1.59. The summed E-state index contributed by atoms with van der Waals surface area (Å²) in [6, 6.07) is 19.8. The first-order chi connectivity index (χ1) is 19.6. The summed E-state index contributed by atoms with van der Waals surface area (Å²) in [6.45, 7) is 9.73. The van der Waals surface area contributed by atoms with Gasteiger partial charge in [-0.2, -0.15) is 11.8 Å². The Hall–Kier alpha value is -3.52. The maximum absolute atomic E-state index is 14.2. The van der Waals surface area contributed by atoms with Gasteiger partial charge in [-0.05, 0) is 86.1 Å². The van der Waals surface area contributed by atoms with Crippen molar-refractivity contribution >= 4 is 46.1 Å². The van der Waals surface area contributed by atoms with Gasteiger partial charge in [0.25, 0.3) is 5.91 Å². The average molecular weight is 578 g/mol. The zero-order valence-corrected chi connectivity index (χ0v) is 25.8. The van der Waals surface area contributed by atoms with E-state index >= 15 is 0 Å². The molecule has 2 N–H and O–H groups in total. The molecule has 0 spiro atoms. The van der Waals surface area contributed by atoms with Crippen LogP contribution in [0.5, 0.6) is 0 Å². The molecule has 8 heteroatoms. The van der Waals surface area contributed by atoms with Gasteiger partial charge in [0.15, 0.2) is 0 Å². The average Bonchev–Trinajstić information content (AvgIpc) is 2.94. The molecule has 0 aliphatic carbocycles. The molecule has 7 nitrogen and oxygen atoms in total. The first-order valence-corrected chi connectivity index (χ1v) is 15.6. The van der Waals surface area contributed by atoms with Crippen LogP contribution >= 0.6 is 11.8 Å². The van der Waals surface area contributed by atoms with Gasteiger partial charge < -0.3 is 20.3 Å². The minimum absolute atomic E-state index is 0.313. The molecule has 220 valence electrons. The van der Waals surface area contributed by atoms with Crippen LogP contribution in [0.3, 0.4) is 0 Å². The van der Waals surface area contributed by atoms with Crippen molar-refractivity contribution in [2.45, 2.75) is 71.6 Å². The Kier molecular flexibility index (Phi) is 11.6. The number of carbonyl (C=O) groups excluding carboxylic acids is 3. The molecule has 0 saturated carbocycles. The number of fused-ring (bicyclic) bond motifs is 1. The van der Waals surface area contributed by atoms with Crippen molar-refractivity contribution in [2.24, 2.45) is 0 Å². The maximum Gasteiger partial charge on any atom is 0.408 e. The van der Waals surface area contributed by atoms with Crippen LogP contribution in [0.25, 0.3) is 10.8 Å². The number of benzene rings is 3. The zero-order chi connectivity index (χ0) is 30.0. The van der Waals surface area contributed by atoms with Crippen LogP contribution in [0.1, 0.15) is 64.6 Å². The predicted molar refractivity (Wildman–Crippen MR) is 169 cm³/mol. The van der Waals surface area contributed by atoms with Gasteiger partial charge in [0, 0.05) is 12.2 Å². The SMILES string of the molecule is CCCN(C(=O)C(CCSC)NC(=O)OC(C)(C)C)C(C(=O)Nc1ccc2ccccc2c1)c1ccc(CC)cc1. The number of nitrogens with one attached hydrogen (secondary N) is 2. The van der Waals surface area contributed by atoms with Crippen molar-refractivity contribution < 1.29 is 19.1 Å². The lowest BCUT2D eigenvalue weighted by molar-refractivity contribution is -0.140. The summed E-state index contributed by atoms with van der Waals surface area (Å²) < 4.78 is 5.46. The fourth-order valence-corrected chi connectivity index (χ4v) is 5.11. The molecule has 41 heavy (non-hydrogen) atoms. The van der Waals surface area contributed by atoms with E-state index in [2.05, 4.69) is 17.6 Å². The standard InChI is InChI=1S/C33H43N3O4S/c1-7-20-36(31(38)28(19-21-41-6)35-32(39)40-33(3,4)5)29(25-15-13-23(8-2)14-16-25)30(37)34-27-18-17-24-11-9-10-12-26(24)22-27/h9-18,22,28-29H,7-8,19-21H2,1-6H3,(H,34,37)(H,35,39). The monoisotopic (exact) mass is 577 g/mol. The normalized spacial score (nSPS) is 12.8. The van der Waals surface area contributed by atoms with Crippen LogP contribution < -0.4 is 10.6 Å². The summed E-state index contributed by atoms with van der Waals surface area (Å²) in [5.41, 5.74) is 1.80. The number of anilines is 1. The van der Waals surface area contributed by atoms with Crippen molar-refractivity contribution in [1.29, 1.82) is 0 Å². The molecule has 0 fully saturated rings. The second-order valence-electron chi connectivity index (χ2n) is 11.1. The number of aryl methyl sites for hydroxylation is 1. The molecule has 0 saturated heterocycles. The quantitative estimate of drug-likeness (QED) is 0.243. The molecule has 0 aliphatic heterocycles. The molecule has 0 aromatic heterocycles. The summed E-state index contributed by atoms with van der Waals surface area (Å²) in [6.07, 6.45) is 3.21. The van der Waals surface area contributed by atoms with E-state index in [1.165, 1.54) is 0 Å². The van der Waals surface area contributed by atoms with Crippen LogP contribution in [0, 0.1) is 0 Å². The molecular weight excluding hydrogens is 534 g/mol. The van der Waals surface area contributed by atoms with Crippen molar-refractivity contribution in [3.8, 4) is 0 Å². The molecule has 3 amide bonds. The fourth-order valence-electron chi connectivity index (χ4n) is 4.64. The Morgan fingerprint density at radius 3 is 2.24 bits per heavy atom. The number of hydrogen-bond acceptors (Lipinski definition) is 5. The highest BCUT2D eigenvalue weighted by atomic mass is 32.2. The summed E-state index contributed by atoms with van der Waals surface area (Å²) in [5.74, 6) is 0.0305. The molecule has 0 heterocycles. The summed E-state index contributed by atoms with van der Waals surface area (Å²) in [4.78, 5) is 42.5. The number of thioether (sulfide) groups is 1. The Balaban J connectivity index is 1.99. The van der Waals surface area contributed by atoms with E-state index in [9.17, 15) is 14.4 Å². The molecule has 3 aromatic rings. The van der Waals surface area contributed by atoms with Crippen LogP contribution in [0.4, 0.5) is 10.5 Å². The van der Waals surface area contributed by atoms with E-state index in [0.29, 0.717) is 36.4 Å². The minimum Gasteiger partial charge on any atom is -0.444 e. The molecule has 2 unspecified atom stereocenters. The van der Waals surface area contributed by atoms with Gasteiger partial charge in [0.05, 0.1) is 0 Å². The number of nitrogens with zero attached hydrogens (tertiary/aromatic N) is 1. The number of rotatable bonds is 12. The molecule has 0 aliphatic rings. The van der Waals surface area contributed by atoms with Gasteiger partial charge in [0.1, 0.15) is 17.7 Å². The maximum atomic E-state index is 14.2. The summed E-state index contributed by atoms with van der Waals surface area (Å²) in [5, 5.41) is 7.93. The van der Waals surface area contributed by atoms with Gasteiger partial charge in [-0.25, -0.2) is 4.79 Å². The van der Waals surface area contributed by atoms with Gasteiger partial charge >= 0.3 is 6.09 Å². The van der Waals surface area contributed by atoms with Gasteiger partial charge in [-0.1, -0.05) is 68.4 Å².